The van der Waals surface area contributed by atoms with Gasteiger partial charge in [-0.3, -0.25) is 4.79 Å². The van der Waals surface area contributed by atoms with Crippen LogP contribution in [0.25, 0.3) is 0 Å². The van der Waals surface area contributed by atoms with E-state index in [1.807, 2.05) is 0 Å². The maximum absolute atomic E-state index is 11.2. The van der Waals surface area contributed by atoms with E-state index < -0.39 is 9.84 Å². The second-order valence-electron chi connectivity index (χ2n) is 3.39. The van der Waals surface area contributed by atoms with Gasteiger partial charge in [-0.1, -0.05) is 22.9 Å². The molecule has 0 N–H and O–H groups in total. The van der Waals surface area contributed by atoms with Gasteiger partial charge in [0.15, 0.2) is 16.1 Å². The topological polar surface area (TPSA) is 60.4 Å². The van der Waals surface area contributed by atoms with E-state index in [9.17, 15) is 13.2 Å². The summed E-state index contributed by atoms with van der Waals surface area (Å²) in [6.45, 7) is 1.69. The van der Waals surface area contributed by atoms with Crippen LogP contribution in [0.1, 0.15) is 17.3 Å². The summed E-state index contributed by atoms with van der Waals surface area (Å²) in [6.07, 6.45) is 0.708. The fourth-order valence-electron chi connectivity index (χ4n) is 1.13. The van der Waals surface area contributed by atoms with Crippen molar-refractivity contribution in [3.8, 4) is 5.75 Å². The van der Waals surface area contributed by atoms with Gasteiger partial charge in [0.2, 0.25) is 0 Å². The van der Waals surface area contributed by atoms with Crippen molar-refractivity contribution in [2.24, 2.45) is 0 Å². The molecule has 0 spiro atoms. The van der Waals surface area contributed by atoms with Crippen molar-refractivity contribution in [3.05, 3.63) is 28.2 Å². The Morgan fingerprint density at radius 3 is 2.71 bits per heavy atom. The molecule has 0 fully saturated rings. The maximum atomic E-state index is 11.2. The van der Waals surface area contributed by atoms with Gasteiger partial charge in [-0.2, -0.15) is 0 Å². The third-order valence-corrected chi connectivity index (χ3v) is 4.59. The Labute approximate surface area is 109 Å². The minimum absolute atomic E-state index is 0.0179. The van der Waals surface area contributed by atoms with E-state index in [-0.39, 0.29) is 18.1 Å². The predicted octanol–water partition coefficient (Wildman–Crippen LogP) is 2.08. The first kappa shape index (κ1) is 14.2. The van der Waals surface area contributed by atoms with Crippen LogP contribution in [-0.4, -0.2) is 32.8 Å². The summed E-state index contributed by atoms with van der Waals surface area (Å²) in [5, 5.41) is 0. The zero-order valence-electron chi connectivity index (χ0n) is 9.35. The van der Waals surface area contributed by atoms with Crippen molar-refractivity contribution in [1.29, 1.82) is 0 Å². The summed E-state index contributed by atoms with van der Waals surface area (Å²) in [7, 11) is -3.02. The van der Waals surface area contributed by atoms with Gasteiger partial charge >= 0.3 is 0 Å². The Hall–Kier alpha value is -0.880. The molecule has 17 heavy (non-hydrogen) atoms. The first-order valence-corrected chi connectivity index (χ1v) is 7.68. The van der Waals surface area contributed by atoms with Gasteiger partial charge in [0.1, 0.15) is 12.4 Å². The van der Waals surface area contributed by atoms with Gasteiger partial charge in [-0.15, -0.1) is 0 Å². The van der Waals surface area contributed by atoms with Gasteiger partial charge in [0, 0.05) is 15.8 Å². The Bertz CT molecular complexity index is 496. The number of benzene rings is 1. The Kier molecular flexibility index (Phi) is 5.14. The van der Waals surface area contributed by atoms with Crippen LogP contribution in [0.15, 0.2) is 22.7 Å². The Morgan fingerprint density at radius 2 is 2.12 bits per heavy atom. The van der Waals surface area contributed by atoms with Crippen molar-refractivity contribution >= 4 is 32.1 Å². The predicted molar refractivity (Wildman–Crippen MR) is 69.4 cm³/mol. The van der Waals surface area contributed by atoms with Gasteiger partial charge in [-0.05, 0) is 18.2 Å². The second-order valence-corrected chi connectivity index (χ2v) is 6.71. The highest BCUT2D eigenvalue weighted by atomic mass is 79.9. The maximum Gasteiger partial charge on any atom is 0.153 e. The lowest BCUT2D eigenvalue weighted by Gasteiger charge is -2.07. The fraction of sp³-hybridized carbons (Fsp3) is 0.364. The van der Waals surface area contributed by atoms with Crippen molar-refractivity contribution in [1.82, 2.24) is 0 Å². The summed E-state index contributed by atoms with van der Waals surface area (Å²) >= 11 is 3.22. The number of ether oxygens (including phenoxy) is 1. The molecule has 0 aromatic heterocycles. The van der Waals surface area contributed by atoms with Crippen LogP contribution in [0.5, 0.6) is 5.75 Å². The molecule has 0 aliphatic rings. The lowest BCUT2D eigenvalue weighted by Crippen LogP contribution is -2.15. The van der Waals surface area contributed by atoms with E-state index in [0.29, 0.717) is 22.1 Å². The molecule has 0 amide bonds. The summed E-state index contributed by atoms with van der Waals surface area (Å²) in [5.41, 5.74) is 0.473. The van der Waals surface area contributed by atoms with Gasteiger partial charge in [-0.25, -0.2) is 8.42 Å². The van der Waals surface area contributed by atoms with Crippen LogP contribution in [0.2, 0.25) is 0 Å². The van der Waals surface area contributed by atoms with Crippen molar-refractivity contribution < 1.29 is 17.9 Å². The Balaban J connectivity index is 2.61. The number of carbonyl (C=O) groups excluding carboxylic acids is 1. The lowest BCUT2D eigenvalue weighted by atomic mass is 10.2. The highest BCUT2D eigenvalue weighted by molar-refractivity contribution is 9.10. The molecule has 0 bridgehead atoms. The third kappa shape index (κ3) is 4.47. The van der Waals surface area contributed by atoms with Crippen LogP contribution < -0.4 is 4.74 Å². The number of sulfone groups is 1. The molecule has 94 valence electrons. The molecule has 0 atom stereocenters. The number of carbonyl (C=O) groups is 1. The van der Waals surface area contributed by atoms with E-state index in [2.05, 4.69) is 15.9 Å². The molecule has 0 saturated heterocycles. The largest absolute Gasteiger partial charge is 0.493 e. The van der Waals surface area contributed by atoms with Gasteiger partial charge in [0.05, 0.1) is 5.75 Å². The molecule has 0 heterocycles. The monoisotopic (exact) mass is 320 g/mol. The molecule has 0 saturated carbocycles. The normalized spacial score (nSPS) is 11.2. The van der Waals surface area contributed by atoms with Crippen molar-refractivity contribution in [2.75, 3.05) is 18.1 Å². The molecule has 0 aliphatic heterocycles. The first-order chi connectivity index (χ1) is 7.98. The summed E-state index contributed by atoms with van der Waals surface area (Å²) < 4.78 is 28.4. The quantitative estimate of drug-likeness (QED) is 0.753. The van der Waals surface area contributed by atoms with Gasteiger partial charge < -0.3 is 4.74 Å². The lowest BCUT2D eigenvalue weighted by molar-refractivity contribution is 0.112. The molecule has 4 nitrogen and oxygen atoms in total. The van der Waals surface area contributed by atoms with E-state index in [1.54, 1.807) is 25.1 Å². The van der Waals surface area contributed by atoms with Crippen LogP contribution in [0.3, 0.4) is 0 Å². The molecule has 0 radical (unpaired) electrons. The average molecular weight is 321 g/mol. The molecular weight excluding hydrogens is 308 g/mol. The zero-order valence-corrected chi connectivity index (χ0v) is 11.8. The minimum Gasteiger partial charge on any atom is -0.493 e. The number of halogens is 1. The summed E-state index contributed by atoms with van der Waals surface area (Å²) in [5.74, 6) is 0.577. The van der Waals surface area contributed by atoms with E-state index >= 15 is 0 Å². The number of hydrogen-bond donors (Lipinski definition) is 0. The molecular formula is C11H13BrO4S. The van der Waals surface area contributed by atoms with Crippen molar-refractivity contribution in [3.63, 3.8) is 0 Å². The highest BCUT2D eigenvalue weighted by Crippen LogP contribution is 2.21. The van der Waals surface area contributed by atoms with E-state index in [4.69, 9.17) is 4.74 Å². The van der Waals surface area contributed by atoms with Crippen LogP contribution in [0, 0.1) is 0 Å². The van der Waals surface area contributed by atoms with Crippen molar-refractivity contribution in [2.45, 2.75) is 6.92 Å². The highest BCUT2D eigenvalue weighted by Gasteiger charge is 2.08. The molecule has 1 rings (SSSR count). The second kappa shape index (κ2) is 6.16. The minimum atomic E-state index is -3.02. The molecule has 6 heteroatoms. The third-order valence-electron chi connectivity index (χ3n) is 2.20. The van der Waals surface area contributed by atoms with Crippen LogP contribution >= 0.6 is 15.9 Å². The first-order valence-electron chi connectivity index (χ1n) is 5.06. The SMILES string of the molecule is CCS(=O)(=O)CCOc1ccc(Br)c(C=O)c1. The molecule has 1 aromatic carbocycles. The standard InChI is InChI=1S/C11H13BrO4S/c1-2-17(14,15)6-5-16-10-3-4-11(12)9(7-10)8-13/h3-4,7-8H,2,5-6H2,1H3. The summed E-state index contributed by atoms with van der Waals surface area (Å²) in [4.78, 5) is 10.7. The molecule has 1 aromatic rings. The van der Waals surface area contributed by atoms with E-state index in [1.165, 1.54) is 0 Å². The number of rotatable bonds is 6. The molecule has 0 unspecified atom stereocenters. The number of aldehydes is 1. The van der Waals surface area contributed by atoms with Crippen LogP contribution in [0.4, 0.5) is 0 Å². The van der Waals surface area contributed by atoms with Crippen LogP contribution in [-0.2, 0) is 9.84 Å². The zero-order chi connectivity index (χ0) is 12.9. The van der Waals surface area contributed by atoms with E-state index in [0.717, 1.165) is 0 Å². The fourth-order valence-corrected chi connectivity index (χ4v) is 2.10. The van der Waals surface area contributed by atoms with Gasteiger partial charge in [0.25, 0.3) is 0 Å². The molecule has 0 aliphatic carbocycles. The average Bonchev–Trinajstić information content (AvgIpc) is 2.31. The Morgan fingerprint density at radius 1 is 1.41 bits per heavy atom. The summed E-state index contributed by atoms with van der Waals surface area (Å²) in [6, 6.07) is 4.93. The number of hydrogen-bond acceptors (Lipinski definition) is 4. The smallest absolute Gasteiger partial charge is 0.153 e.